The van der Waals surface area contributed by atoms with Gasteiger partial charge in [-0.15, -0.1) is 5.10 Å². The minimum absolute atomic E-state index is 0.0659. The van der Waals surface area contributed by atoms with Crippen LogP contribution in [0.4, 0.5) is 0 Å². The van der Waals surface area contributed by atoms with Gasteiger partial charge in [0.05, 0.1) is 29.3 Å². The van der Waals surface area contributed by atoms with Crippen LogP contribution in [0.3, 0.4) is 0 Å². The van der Waals surface area contributed by atoms with Gasteiger partial charge in [0, 0.05) is 13.6 Å². The summed E-state index contributed by atoms with van der Waals surface area (Å²) in [4.78, 5) is 0. The molecule has 1 unspecified atom stereocenters. The third-order valence-corrected chi connectivity index (χ3v) is 2.86. The Bertz CT molecular complexity index is 498. The molecule has 0 aliphatic carbocycles. The lowest BCUT2D eigenvalue weighted by atomic mass is 10.1. The van der Waals surface area contributed by atoms with Gasteiger partial charge < -0.3 is 5.32 Å². The molecule has 1 N–H and O–H groups in total. The van der Waals surface area contributed by atoms with Crippen molar-refractivity contribution in [2.24, 2.45) is 7.05 Å². The van der Waals surface area contributed by atoms with E-state index in [1.54, 1.807) is 10.9 Å². The van der Waals surface area contributed by atoms with Gasteiger partial charge in [-0.1, -0.05) is 5.21 Å². The first-order valence-corrected chi connectivity index (χ1v) is 5.73. The Morgan fingerprint density at radius 2 is 2.18 bits per heavy atom. The molecule has 0 aliphatic heterocycles. The maximum Gasteiger partial charge on any atom is 0.0932 e. The van der Waals surface area contributed by atoms with Gasteiger partial charge in [0.2, 0.25) is 0 Å². The normalized spacial score (nSPS) is 12.9. The molecule has 17 heavy (non-hydrogen) atoms. The van der Waals surface area contributed by atoms with E-state index in [9.17, 15) is 0 Å². The van der Waals surface area contributed by atoms with E-state index in [-0.39, 0.29) is 6.04 Å². The summed E-state index contributed by atoms with van der Waals surface area (Å²) in [5, 5.41) is 15.6. The van der Waals surface area contributed by atoms with Crippen LogP contribution in [0.5, 0.6) is 0 Å². The third-order valence-electron chi connectivity index (χ3n) is 2.86. The molecule has 92 valence electrons. The van der Waals surface area contributed by atoms with Crippen molar-refractivity contribution in [1.82, 2.24) is 30.1 Å². The molecule has 0 bridgehead atoms. The Morgan fingerprint density at radius 1 is 1.41 bits per heavy atom. The SMILES string of the molecule is CCn1nc(C)cc1C(NC)c1cnnn1C. The molecule has 2 aromatic rings. The Kier molecular flexibility index (Phi) is 3.23. The smallest absolute Gasteiger partial charge is 0.0932 e. The second-order valence-corrected chi connectivity index (χ2v) is 4.03. The molecule has 0 amide bonds. The zero-order valence-corrected chi connectivity index (χ0v) is 10.7. The predicted octanol–water partition coefficient (Wildman–Crippen LogP) is 0.649. The van der Waals surface area contributed by atoms with Crippen LogP contribution >= 0.6 is 0 Å². The van der Waals surface area contributed by atoms with E-state index in [4.69, 9.17) is 0 Å². The molecule has 2 heterocycles. The summed E-state index contributed by atoms with van der Waals surface area (Å²) in [6.45, 7) is 4.95. The van der Waals surface area contributed by atoms with Crippen LogP contribution in [0, 0.1) is 6.92 Å². The van der Waals surface area contributed by atoms with Crippen LogP contribution < -0.4 is 5.32 Å². The van der Waals surface area contributed by atoms with E-state index in [2.05, 4.69) is 33.7 Å². The Hall–Kier alpha value is -1.69. The maximum absolute atomic E-state index is 4.46. The quantitative estimate of drug-likeness (QED) is 0.843. The summed E-state index contributed by atoms with van der Waals surface area (Å²) < 4.78 is 3.78. The van der Waals surface area contributed by atoms with E-state index in [1.807, 2.05) is 25.7 Å². The standard InChI is InChI=1S/C11H18N6/c1-5-17-9(6-8(2)14-17)11(12-3)10-7-13-15-16(10)4/h6-7,11-12H,5H2,1-4H3. The van der Waals surface area contributed by atoms with E-state index in [0.717, 1.165) is 23.6 Å². The van der Waals surface area contributed by atoms with Gasteiger partial charge in [-0.2, -0.15) is 5.10 Å². The number of nitrogens with zero attached hydrogens (tertiary/aromatic N) is 5. The lowest BCUT2D eigenvalue weighted by Gasteiger charge is -2.16. The first kappa shape index (κ1) is 11.8. The Labute approximate surface area is 101 Å². The number of nitrogens with one attached hydrogen (secondary N) is 1. The van der Waals surface area contributed by atoms with E-state index in [1.165, 1.54) is 0 Å². The second kappa shape index (κ2) is 4.67. The fourth-order valence-corrected chi connectivity index (χ4v) is 2.06. The van der Waals surface area contributed by atoms with Crippen molar-refractivity contribution in [3.8, 4) is 0 Å². The van der Waals surface area contributed by atoms with Gasteiger partial charge in [-0.05, 0) is 27.0 Å². The molecule has 1 atom stereocenters. The van der Waals surface area contributed by atoms with Crippen molar-refractivity contribution in [2.45, 2.75) is 26.4 Å². The zero-order valence-electron chi connectivity index (χ0n) is 10.7. The first-order chi connectivity index (χ1) is 8.17. The molecule has 0 fully saturated rings. The molecule has 2 aromatic heterocycles. The van der Waals surface area contributed by atoms with Gasteiger partial charge in [-0.3, -0.25) is 9.36 Å². The Balaban J connectivity index is 2.45. The number of hydrogen-bond acceptors (Lipinski definition) is 4. The number of aromatic nitrogens is 5. The lowest BCUT2D eigenvalue weighted by molar-refractivity contribution is 0.532. The highest BCUT2D eigenvalue weighted by Gasteiger charge is 2.20. The van der Waals surface area contributed by atoms with E-state index >= 15 is 0 Å². The predicted molar refractivity (Wildman–Crippen MR) is 64.5 cm³/mol. The van der Waals surface area contributed by atoms with E-state index < -0.39 is 0 Å². The zero-order chi connectivity index (χ0) is 12.4. The molecule has 0 saturated heterocycles. The third kappa shape index (κ3) is 2.08. The van der Waals surface area contributed by atoms with Crippen LogP contribution in [0.25, 0.3) is 0 Å². The molecule has 2 rings (SSSR count). The van der Waals surface area contributed by atoms with Crippen molar-refractivity contribution >= 4 is 0 Å². The summed E-state index contributed by atoms with van der Waals surface area (Å²) in [5.74, 6) is 0. The highest BCUT2D eigenvalue weighted by molar-refractivity contribution is 5.22. The van der Waals surface area contributed by atoms with Crippen molar-refractivity contribution < 1.29 is 0 Å². The molecule has 0 spiro atoms. The minimum Gasteiger partial charge on any atom is -0.307 e. The number of hydrogen-bond donors (Lipinski definition) is 1. The summed E-state index contributed by atoms with van der Waals surface area (Å²) in [6, 6.07) is 2.16. The highest BCUT2D eigenvalue weighted by Crippen LogP contribution is 2.21. The molecule has 6 heteroatoms. The van der Waals surface area contributed by atoms with Gasteiger partial charge in [0.1, 0.15) is 0 Å². The monoisotopic (exact) mass is 234 g/mol. The van der Waals surface area contributed by atoms with Crippen molar-refractivity contribution in [2.75, 3.05) is 7.05 Å². The average molecular weight is 234 g/mol. The van der Waals surface area contributed by atoms with Gasteiger partial charge >= 0.3 is 0 Å². The second-order valence-electron chi connectivity index (χ2n) is 4.03. The van der Waals surface area contributed by atoms with Crippen LogP contribution in [0.2, 0.25) is 0 Å². The largest absolute Gasteiger partial charge is 0.307 e. The summed E-state index contributed by atoms with van der Waals surface area (Å²) in [6.07, 6.45) is 1.78. The number of rotatable bonds is 4. The van der Waals surface area contributed by atoms with E-state index in [0.29, 0.717) is 0 Å². The summed E-state index contributed by atoms with van der Waals surface area (Å²) >= 11 is 0. The highest BCUT2D eigenvalue weighted by atomic mass is 15.4. The Morgan fingerprint density at radius 3 is 2.71 bits per heavy atom. The van der Waals surface area contributed by atoms with Crippen LogP contribution in [-0.4, -0.2) is 31.8 Å². The molecule has 0 aliphatic rings. The summed E-state index contributed by atoms with van der Waals surface area (Å²) in [7, 11) is 3.83. The van der Waals surface area contributed by atoms with Gasteiger partial charge in [0.15, 0.2) is 0 Å². The summed E-state index contributed by atoms with van der Waals surface area (Å²) in [5.41, 5.74) is 3.19. The van der Waals surface area contributed by atoms with Crippen molar-refractivity contribution in [3.63, 3.8) is 0 Å². The first-order valence-electron chi connectivity index (χ1n) is 5.73. The van der Waals surface area contributed by atoms with Crippen molar-refractivity contribution in [1.29, 1.82) is 0 Å². The van der Waals surface area contributed by atoms with Crippen LogP contribution in [-0.2, 0) is 13.6 Å². The van der Waals surface area contributed by atoms with Gasteiger partial charge in [0.25, 0.3) is 0 Å². The fourth-order valence-electron chi connectivity index (χ4n) is 2.06. The van der Waals surface area contributed by atoms with Gasteiger partial charge in [-0.25, -0.2) is 0 Å². The van der Waals surface area contributed by atoms with Crippen LogP contribution in [0.15, 0.2) is 12.3 Å². The number of aryl methyl sites for hydroxylation is 3. The maximum atomic E-state index is 4.46. The molecule has 6 nitrogen and oxygen atoms in total. The fraction of sp³-hybridized carbons (Fsp3) is 0.545. The molecular formula is C11H18N6. The minimum atomic E-state index is 0.0659. The molecular weight excluding hydrogens is 216 g/mol. The average Bonchev–Trinajstić information content (AvgIpc) is 2.88. The topological polar surface area (TPSA) is 60.6 Å². The van der Waals surface area contributed by atoms with Crippen molar-refractivity contribution in [3.05, 3.63) is 29.3 Å². The van der Waals surface area contributed by atoms with Crippen LogP contribution in [0.1, 0.15) is 30.0 Å². The molecule has 0 saturated carbocycles. The lowest BCUT2D eigenvalue weighted by Crippen LogP contribution is -2.23. The molecule has 0 aromatic carbocycles. The molecule has 0 radical (unpaired) electrons.